The van der Waals surface area contributed by atoms with Crippen molar-refractivity contribution in [1.29, 1.82) is 0 Å². The summed E-state index contributed by atoms with van der Waals surface area (Å²) in [6.07, 6.45) is 5.85. The summed E-state index contributed by atoms with van der Waals surface area (Å²) in [5.74, 6) is -0.168. The average Bonchev–Trinajstić information content (AvgIpc) is 3.10. The molecule has 0 fully saturated rings. The summed E-state index contributed by atoms with van der Waals surface area (Å²) in [5.41, 5.74) is 2.29. The molecule has 0 saturated carbocycles. The number of nitrogens with one attached hydrogen (secondary N) is 1. The smallest absolute Gasteiger partial charge is 0.255 e. The van der Waals surface area contributed by atoms with Gasteiger partial charge in [0, 0.05) is 52.0 Å². The molecule has 0 bridgehead atoms. The van der Waals surface area contributed by atoms with Crippen molar-refractivity contribution in [3.05, 3.63) is 66.2 Å². The number of benzene rings is 2. The molecule has 0 aliphatic carbocycles. The summed E-state index contributed by atoms with van der Waals surface area (Å²) in [6, 6.07) is 14.7. The summed E-state index contributed by atoms with van der Waals surface area (Å²) in [7, 11) is -1.07. The van der Waals surface area contributed by atoms with Crippen molar-refractivity contribution in [2.75, 3.05) is 29.6 Å². The Morgan fingerprint density at radius 2 is 1.83 bits per heavy atom. The molecule has 0 spiro atoms. The number of carbonyl (C=O) groups excluding carboxylic acids is 1. The largest absolute Gasteiger partial charge is 0.364 e. The Labute approximate surface area is 138 Å². The molecule has 1 aliphatic heterocycles. The van der Waals surface area contributed by atoms with Gasteiger partial charge in [-0.15, -0.1) is 0 Å². The fraction of sp³-hybridized carbons (Fsp3) is 0.167. The second-order valence-electron chi connectivity index (χ2n) is 5.36. The Morgan fingerprint density at radius 1 is 1.09 bits per heavy atom. The summed E-state index contributed by atoms with van der Waals surface area (Å²) >= 11 is 0. The Kier molecular flexibility index (Phi) is 4.57. The molecule has 4 nitrogen and oxygen atoms in total. The molecule has 1 atom stereocenters. The number of amides is 1. The summed E-state index contributed by atoms with van der Waals surface area (Å²) in [4.78, 5) is 15.3. The highest BCUT2D eigenvalue weighted by Crippen LogP contribution is 2.20. The molecule has 0 aromatic heterocycles. The standard InChI is InChI=1S/C18H18N2O2S/c1-23(22)17-9-5-7-15(13-17)19-18(21)14-6-4-8-16(12-14)20-10-2-3-11-20/h2-9,12-13H,10-11H2,1H3,(H,19,21)/t23-/m1/s1. The van der Waals surface area contributed by atoms with Crippen LogP contribution < -0.4 is 10.2 Å². The molecular weight excluding hydrogens is 308 g/mol. The van der Waals surface area contributed by atoms with Crippen molar-refractivity contribution < 1.29 is 9.00 Å². The van der Waals surface area contributed by atoms with Gasteiger partial charge in [-0.3, -0.25) is 9.00 Å². The fourth-order valence-corrected chi connectivity index (χ4v) is 3.05. The Balaban J connectivity index is 1.77. The monoisotopic (exact) mass is 326 g/mol. The molecule has 0 unspecified atom stereocenters. The first-order valence-electron chi connectivity index (χ1n) is 7.38. The number of carbonyl (C=O) groups is 1. The molecule has 5 heteroatoms. The predicted molar refractivity (Wildman–Crippen MR) is 94.5 cm³/mol. The maximum absolute atomic E-state index is 12.4. The minimum atomic E-state index is -1.07. The molecule has 1 amide bonds. The van der Waals surface area contributed by atoms with Crippen LogP contribution in [0, 0.1) is 0 Å². The van der Waals surface area contributed by atoms with Gasteiger partial charge in [-0.1, -0.05) is 24.3 Å². The third-order valence-electron chi connectivity index (χ3n) is 3.72. The van der Waals surface area contributed by atoms with Gasteiger partial charge in [0.05, 0.1) is 0 Å². The van der Waals surface area contributed by atoms with Crippen LogP contribution in [0.2, 0.25) is 0 Å². The molecule has 2 aromatic carbocycles. The average molecular weight is 326 g/mol. The lowest BCUT2D eigenvalue weighted by Crippen LogP contribution is -2.19. The lowest BCUT2D eigenvalue weighted by Gasteiger charge is -2.18. The van der Waals surface area contributed by atoms with Gasteiger partial charge in [-0.2, -0.15) is 0 Å². The molecule has 2 aromatic rings. The molecule has 23 heavy (non-hydrogen) atoms. The molecular formula is C18H18N2O2S. The first-order valence-corrected chi connectivity index (χ1v) is 8.94. The van der Waals surface area contributed by atoms with Gasteiger partial charge >= 0.3 is 0 Å². The van der Waals surface area contributed by atoms with Crippen LogP contribution in [0.15, 0.2) is 65.6 Å². The number of hydrogen-bond acceptors (Lipinski definition) is 3. The van der Waals surface area contributed by atoms with Gasteiger partial charge in [0.1, 0.15) is 0 Å². The van der Waals surface area contributed by atoms with Crippen molar-refractivity contribution >= 4 is 28.1 Å². The minimum Gasteiger partial charge on any atom is -0.364 e. The third-order valence-corrected chi connectivity index (χ3v) is 4.63. The normalized spacial score (nSPS) is 14.7. The van der Waals surface area contributed by atoms with Crippen molar-refractivity contribution in [2.45, 2.75) is 4.90 Å². The van der Waals surface area contributed by atoms with Crippen LogP contribution in [0.4, 0.5) is 11.4 Å². The van der Waals surface area contributed by atoms with Crippen LogP contribution in [-0.4, -0.2) is 29.5 Å². The van der Waals surface area contributed by atoms with E-state index in [-0.39, 0.29) is 5.91 Å². The topological polar surface area (TPSA) is 49.4 Å². The molecule has 0 saturated heterocycles. The maximum atomic E-state index is 12.4. The number of hydrogen-bond donors (Lipinski definition) is 1. The zero-order chi connectivity index (χ0) is 16.2. The van der Waals surface area contributed by atoms with Crippen LogP contribution in [0.1, 0.15) is 10.4 Å². The van der Waals surface area contributed by atoms with E-state index in [4.69, 9.17) is 0 Å². The molecule has 0 radical (unpaired) electrons. The van der Waals surface area contributed by atoms with Crippen molar-refractivity contribution in [1.82, 2.24) is 0 Å². The Hall–Kier alpha value is -2.40. The highest BCUT2D eigenvalue weighted by atomic mass is 32.2. The van der Waals surface area contributed by atoms with Crippen molar-refractivity contribution in [3.63, 3.8) is 0 Å². The van der Waals surface area contributed by atoms with Crippen LogP contribution in [0.3, 0.4) is 0 Å². The van der Waals surface area contributed by atoms with Crippen LogP contribution >= 0.6 is 0 Å². The lowest BCUT2D eigenvalue weighted by molar-refractivity contribution is 0.102. The van der Waals surface area contributed by atoms with Gasteiger partial charge in [0.15, 0.2) is 0 Å². The van der Waals surface area contributed by atoms with Crippen molar-refractivity contribution in [2.24, 2.45) is 0 Å². The highest BCUT2D eigenvalue weighted by molar-refractivity contribution is 7.84. The minimum absolute atomic E-state index is 0.168. The molecule has 1 N–H and O–H groups in total. The van der Waals surface area contributed by atoms with E-state index in [1.165, 1.54) is 0 Å². The summed E-state index contributed by atoms with van der Waals surface area (Å²) in [5, 5.41) is 2.86. The highest BCUT2D eigenvalue weighted by Gasteiger charge is 2.12. The van der Waals surface area contributed by atoms with Crippen LogP contribution in [0.25, 0.3) is 0 Å². The van der Waals surface area contributed by atoms with E-state index in [1.807, 2.05) is 18.2 Å². The zero-order valence-electron chi connectivity index (χ0n) is 12.9. The number of rotatable bonds is 4. The van der Waals surface area contributed by atoms with E-state index in [9.17, 15) is 9.00 Å². The van der Waals surface area contributed by atoms with Gasteiger partial charge in [0.2, 0.25) is 0 Å². The second kappa shape index (κ2) is 6.79. The quantitative estimate of drug-likeness (QED) is 0.879. The SMILES string of the molecule is C[S@@](=O)c1cccc(NC(=O)c2cccc(N3CC=CC3)c2)c1. The van der Waals surface area contributed by atoms with Crippen molar-refractivity contribution in [3.8, 4) is 0 Å². The molecule has 3 rings (SSSR count). The Morgan fingerprint density at radius 3 is 2.57 bits per heavy atom. The molecule has 1 aliphatic rings. The van der Waals surface area contributed by atoms with Gasteiger partial charge in [-0.25, -0.2) is 0 Å². The second-order valence-corrected chi connectivity index (χ2v) is 6.74. The maximum Gasteiger partial charge on any atom is 0.255 e. The lowest BCUT2D eigenvalue weighted by atomic mass is 10.1. The van der Waals surface area contributed by atoms with E-state index >= 15 is 0 Å². The summed E-state index contributed by atoms with van der Waals surface area (Å²) < 4.78 is 11.5. The number of anilines is 2. The first-order chi connectivity index (χ1) is 11.1. The van der Waals surface area contributed by atoms with Gasteiger partial charge < -0.3 is 10.2 Å². The fourth-order valence-electron chi connectivity index (χ4n) is 2.49. The van der Waals surface area contributed by atoms with Gasteiger partial charge in [-0.05, 0) is 36.4 Å². The Bertz CT molecular complexity index is 778. The van der Waals surface area contributed by atoms with E-state index in [0.717, 1.165) is 18.8 Å². The zero-order valence-corrected chi connectivity index (χ0v) is 13.7. The first kappa shape index (κ1) is 15.5. The third kappa shape index (κ3) is 3.68. The van der Waals surface area contributed by atoms with Gasteiger partial charge in [0.25, 0.3) is 5.91 Å². The van der Waals surface area contributed by atoms with E-state index in [1.54, 1.807) is 36.6 Å². The molecule has 1 heterocycles. The van der Waals surface area contributed by atoms with E-state index in [0.29, 0.717) is 16.1 Å². The van der Waals surface area contributed by atoms with E-state index < -0.39 is 10.8 Å². The van der Waals surface area contributed by atoms with Crippen LogP contribution in [0.5, 0.6) is 0 Å². The predicted octanol–water partition coefficient (Wildman–Crippen LogP) is 3.05. The van der Waals surface area contributed by atoms with Crippen LogP contribution in [-0.2, 0) is 10.8 Å². The molecule has 118 valence electrons. The summed E-state index contributed by atoms with van der Waals surface area (Å²) in [6.45, 7) is 1.74. The number of nitrogens with zero attached hydrogens (tertiary/aromatic N) is 1. The van der Waals surface area contributed by atoms with E-state index in [2.05, 4.69) is 22.4 Å².